The van der Waals surface area contributed by atoms with Crippen LogP contribution in [0.1, 0.15) is 6.42 Å². The van der Waals surface area contributed by atoms with E-state index in [0.717, 1.165) is 59.2 Å². The monoisotopic (exact) mass is 218 g/mol. The Bertz CT molecular complexity index is 377. The van der Waals surface area contributed by atoms with Crippen molar-refractivity contribution in [1.29, 1.82) is 0 Å². The van der Waals surface area contributed by atoms with Crippen LogP contribution in [0.15, 0.2) is 0 Å². The lowest BCUT2D eigenvalue weighted by atomic mass is 9.60. The molecule has 7 aliphatic rings. The van der Waals surface area contributed by atoms with Crippen LogP contribution < -0.4 is 0 Å². The molecule has 16 heavy (non-hydrogen) atoms. The van der Waals surface area contributed by atoms with Crippen molar-refractivity contribution in [3.63, 3.8) is 0 Å². The second kappa shape index (κ2) is 1.91. The van der Waals surface area contributed by atoms with Gasteiger partial charge in [0.1, 0.15) is 0 Å². The van der Waals surface area contributed by atoms with Crippen molar-refractivity contribution < 1.29 is 10.2 Å². The van der Waals surface area contributed by atoms with Gasteiger partial charge >= 0.3 is 0 Å². The highest BCUT2D eigenvalue weighted by Gasteiger charge is 2.91. The third-order valence-corrected chi connectivity index (χ3v) is 8.32. The van der Waals surface area contributed by atoms with E-state index < -0.39 is 0 Å². The first-order valence-electron chi connectivity index (χ1n) is 7.07. The van der Waals surface area contributed by atoms with Gasteiger partial charge in [-0.15, -0.1) is 0 Å². The van der Waals surface area contributed by atoms with Gasteiger partial charge in [0.25, 0.3) is 0 Å². The van der Waals surface area contributed by atoms with Crippen LogP contribution in [0.5, 0.6) is 0 Å². The summed E-state index contributed by atoms with van der Waals surface area (Å²) >= 11 is 0. The van der Waals surface area contributed by atoms with Crippen molar-refractivity contribution >= 4 is 0 Å². The fraction of sp³-hybridized carbons (Fsp3) is 1.00. The second-order valence-corrected chi connectivity index (χ2v) is 7.63. The molecule has 0 aromatic carbocycles. The summed E-state index contributed by atoms with van der Waals surface area (Å²) in [6.07, 6.45) is 1.53. The van der Waals surface area contributed by atoms with Gasteiger partial charge in [0.2, 0.25) is 0 Å². The van der Waals surface area contributed by atoms with Crippen molar-refractivity contribution in [3.8, 4) is 0 Å². The summed E-state index contributed by atoms with van der Waals surface area (Å²) in [5, 5.41) is 19.7. The molecule has 0 aromatic rings. The third-order valence-electron chi connectivity index (χ3n) is 8.32. The van der Waals surface area contributed by atoms with E-state index in [-0.39, 0.29) is 18.6 Å². The summed E-state index contributed by atoms with van der Waals surface area (Å²) in [6, 6.07) is 0. The average molecular weight is 218 g/mol. The molecule has 0 unspecified atom stereocenters. The number of rotatable bonds is 2. The Hall–Kier alpha value is -0.0800. The van der Waals surface area contributed by atoms with E-state index in [1.807, 2.05) is 0 Å². The van der Waals surface area contributed by atoms with Gasteiger partial charge in [0, 0.05) is 5.41 Å². The molecule has 86 valence electrons. The Morgan fingerprint density at radius 1 is 0.750 bits per heavy atom. The lowest BCUT2D eigenvalue weighted by molar-refractivity contribution is 0.00446. The minimum atomic E-state index is -0.0401. The molecular formula is C14H18O2. The molecule has 0 spiro atoms. The van der Waals surface area contributed by atoms with Crippen molar-refractivity contribution in [1.82, 2.24) is 0 Å². The molecule has 0 radical (unpaired) electrons. The minimum Gasteiger partial charge on any atom is -0.396 e. The van der Waals surface area contributed by atoms with Crippen LogP contribution in [-0.4, -0.2) is 23.4 Å². The Balaban J connectivity index is 1.67. The Kier molecular flexibility index (Phi) is 0.966. The summed E-state index contributed by atoms with van der Waals surface area (Å²) in [7, 11) is 0. The van der Waals surface area contributed by atoms with Crippen LogP contribution in [-0.2, 0) is 0 Å². The van der Waals surface area contributed by atoms with Crippen molar-refractivity contribution in [3.05, 3.63) is 0 Å². The maximum Gasteiger partial charge on any atom is 0.0515 e. The standard InChI is InChI=1S/C14H18O2/c15-2-14(3-16)12-8-4-1-5-7-6(4)10(12)11(7)13(14)9(5)8/h4-13,15-16H,1-3H2/t4-,5-,6+,7+,8-,9+,10-,11+,12+,13-/m0/s1. The largest absolute Gasteiger partial charge is 0.396 e. The van der Waals surface area contributed by atoms with Crippen molar-refractivity contribution in [2.75, 3.05) is 13.2 Å². The Labute approximate surface area is 95.0 Å². The second-order valence-electron chi connectivity index (χ2n) is 7.63. The molecule has 0 amide bonds. The van der Waals surface area contributed by atoms with Crippen LogP contribution in [0.2, 0.25) is 0 Å². The highest BCUT2D eigenvalue weighted by atomic mass is 16.3. The topological polar surface area (TPSA) is 40.5 Å². The molecular weight excluding hydrogens is 200 g/mol. The smallest absolute Gasteiger partial charge is 0.0515 e. The number of aliphatic hydroxyl groups excluding tert-OH is 2. The molecule has 2 N–H and O–H groups in total. The number of aliphatic hydroxyl groups is 2. The van der Waals surface area contributed by atoms with Gasteiger partial charge in [-0.3, -0.25) is 0 Å². The molecule has 0 aromatic heterocycles. The zero-order valence-electron chi connectivity index (χ0n) is 9.29. The van der Waals surface area contributed by atoms with E-state index in [1.165, 1.54) is 6.42 Å². The van der Waals surface area contributed by atoms with Crippen LogP contribution >= 0.6 is 0 Å². The summed E-state index contributed by atoms with van der Waals surface area (Å²) in [5.74, 6) is 9.33. The third kappa shape index (κ3) is 0.425. The summed E-state index contributed by atoms with van der Waals surface area (Å²) < 4.78 is 0. The molecule has 2 nitrogen and oxygen atoms in total. The van der Waals surface area contributed by atoms with E-state index in [4.69, 9.17) is 0 Å². The molecule has 10 atom stereocenters. The van der Waals surface area contributed by atoms with E-state index in [2.05, 4.69) is 0 Å². The predicted molar refractivity (Wildman–Crippen MR) is 56.1 cm³/mol. The van der Waals surface area contributed by atoms with Crippen LogP contribution in [0, 0.1) is 64.6 Å². The van der Waals surface area contributed by atoms with Crippen LogP contribution in [0.4, 0.5) is 0 Å². The molecule has 2 heteroatoms. The molecule has 0 saturated heterocycles. The maximum absolute atomic E-state index is 9.87. The lowest BCUT2D eigenvalue weighted by Gasteiger charge is -2.44. The molecule has 0 heterocycles. The number of hydrogen-bond acceptors (Lipinski definition) is 2. The molecule has 7 fully saturated rings. The van der Waals surface area contributed by atoms with Crippen molar-refractivity contribution in [2.45, 2.75) is 6.42 Å². The normalized spacial score (nSPS) is 76.9. The highest BCUT2D eigenvalue weighted by molar-refractivity contribution is 5.38. The minimum absolute atomic E-state index is 0.0401. The van der Waals surface area contributed by atoms with E-state index in [9.17, 15) is 10.2 Å². The van der Waals surface area contributed by atoms with Gasteiger partial charge in [-0.25, -0.2) is 0 Å². The van der Waals surface area contributed by atoms with Gasteiger partial charge in [0.15, 0.2) is 0 Å². The predicted octanol–water partition coefficient (Wildman–Crippen LogP) is 0.591. The molecule has 7 rings (SSSR count). The Morgan fingerprint density at radius 3 is 1.69 bits per heavy atom. The summed E-state index contributed by atoms with van der Waals surface area (Å²) in [5.41, 5.74) is -0.0401. The zero-order valence-corrected chi connectivity index (χ0v) is 9.29. The summed E-state index contributed by atoms with van der Waals surface area (Å²) in [6.45, 7) is 0.523. The van der Waals surface area contributed by atoms with Gasteiger partial charge in [0.05, 0.1) is 13.2 Å². The fourth-order valence-corrected chi connectivity index (χ4v) is 8.76. The first-order valence-corrected chi connectivity index (χ1v) is 7.07. The molecule has 7 saturated carbocycles. The molecule has 4 bridgehead atoms. The van der Waals surface area contributed by atoms with E-state index in [0.29, 0.717) is 0 Å². The summed E-state index contributed by atoms with van der Waals surface area (Å²) in [4.78, 5) is 0. The van der Waals surface area contributed by atoms with E-state index in [1.54, 1.807) is 0 Å². The fourth-order valence-electron chi connectivity index (χ4n) is 8.76. The molecule has 7 aliphatic carbocycles. The van der Waals surface area contributed by atoms with Crippen molar-refractivity contribution in [2.24, 2.45) is 64.6 Å². The maximum atomic E-state index is 9.87. The zero-order chi connectivity index (χ0) is 10.4. The molecule has 0 aliphatic heterocycles. The number of hydrogen-bond donors (Lipinski definition) is 2. The SMILES string of the molecule is OCC1(CO)[C@@H]2[C@@H]3[C@@H]4[C@@H]5C[C@H]6[C@H]4[C@@H]3[C@H]1[C@@H]6[C@@H]52. The first kappa shape index (κ1) is 8.10. The van der Waals surface area contributed by atoms with Gasteiger partial charge in [-0.05, 0) is 65.6 Å². The van der Waals surface area contributed by atoms with Gasteiger partial charge < -0.3 is 10.2 Å². The Morgan fingerprint density at radius 2 is 1.25 bits per heavy atom. The van der Waals surface area contributed by atoms with E-state index >= 15 is 0 Å². The highest BCUT2D eigenvalue weighted by Crippen LogP contribution is 2.94. The lowest BCUT2D eigenvalue weighted by Crippen LogP contribution is -2.41. The van der Waals surface area contributed by atoms with Gasteiger partial charge in [-0.2, -0.15) is 0 Å². The van der Waals surface area contributed by atoms with Crippen LogP contribution in [0.25, 0.3) is 0 Å². The first-order chi connectivity index (χ1) is 7.85. The quantitative estimate of drug-likeness (QED) is 0.712. The van der Waals surface area contributed by atoms with Crippen LogP contribution in [0.3, 0.4) is 0 Å². The average Bonchev–Trinajstić information content (AvgIpc) is 2.88. The van der Waals surface area contributed by atoms with Gasteiger partial charge in [-0.1, -0.05) is 0 Å².